The fraction of sp³-hybridized carbons (Fsp3) is 0.182. The monoisotopic (exact) mass is 457 g/mol. The Morgan fingerprint density at radius 3 is 2.48 bits per heavy atom. The summed E-state index contributed by atoms with van der Waals surface area (Å²) in [4.78, 5) is 13.5. The molecule has 0 radical (unpaired) electrons. The van der Waals surface area contributed by atoms with Gasteiger partial charge in [-0.15, -0.1) is 11.3 Å². The van der Waals surface area contributed by atoms with E-state index in [0.29, 0.717) is 5.75 Å². The molecule has 7 nitrogen and oxygen atoms in total. The van der Waals surface area contributed by atoms with Gasteiger partial charge in [-0.1, -0.05) is 29.8 Å². The van der Waals surface area contributed by atoms with Crippen LogP contribution in [0.1, 0.15) is 16.0 Å². The molecule has 0 saturated heterocycles. The van der Waals surface area contributed by atoms with E-state index in [1.807, 2.05) is 37.4 Å². The van der Waals surface area contributed by atoms with Crippen molar-refractivity contribution in [1.29, 1.82) is 0 Å². The maximum absolute atomic E-state index is 13.5. The molecule has 0 saturated carbocycles. The van der Waals surface area contributed by atoms with E-state index in [0.717, 1.165) is 20.3 Å². The van der Waals surface area contributed by atoms with E-state index in [2.05, 4.69) is 10.5 Å². The number of rotatable bonds is 8. The van der Waals surface area contributed by atoms with E-state index in [9.17, 15) is 13.2 Å². The van der Waals surface area contributed by atoms with Crippen LogP contribution in [0.15, 0.2) is 70.0 Å². The third kappa shape index (κ3) is 5.50. The molecule has 0 atom stereocenters. The number of anilines is 1. The minimum absolute atomic E-state index is 0.0801. The minimum atomic E-state index is -4.04. The van der Waals surface area contributed by atoms with Crippen LogP contribution in [0.5, 0.6) is 5.75 Å². The Bertz CT molecular complexity index is 1170. The summed E-state index contributed by atoms with van der Waals surface area (Å²) in [7, 11) is -2.59. The van der Waals surface area contributed by atoms with Gasteiger partial charge in [-0.3, -0.25) is 9.10 Å². The predicted octanol–water partition coefficient (Wildman–Crippen LogP) is 3.72. The summed E-state index contributed by atoms with van der Waals surface area (Å²) < 4.78 is 33.4. The molecule has 31 heavy (non-hydrogen) atoms. The molecule has 1 amide bonds. The minimum Gasteiger partial charge on any atom is -0.495 e. The second-order valence-corrected chi connectivity index (χ2v) is 9.65. The summed E-state index contributed by atoms with van der Waals surface area (Å²) in [5.74, 6) is -0.233. The Hall–Kier alpha value is -3.17. The van der Waals surface area contributed by atoms with Crippen molar-refractivity contribution in [3.05, 3.63) is 76.0 Å². The van der Waals surface area contributed by atoms with Gasteiger partial charge in [-0.2, -0.15) is 5.10 Å². The molecule has 3 aromatic rings. The summed E-state index contributed by atoms with van der Waals surface area (Å²) in [6.07, 6.45) is 1.51. The van der Waals surface area contributed by atoms with E-state index >= 15 is 0 Å². The number of benzene rings is 2. The quantitative estimate of drug-likeness (QED) is 0.412. The molecule has 0 unspecified atom stereocenters. The highest BCUT2D eigenvalue weighted by atomic mass is 32.2. The third-order valence-corrected chi connectivity index (χ3v) is 7.00. The maximum Gasteiger partial charge on any atom is 0.264 e. The molecule has 9 heteroatoms. The Labute approximate surface area is 186 Å². The van der Waals surface area contributed by atoms with Crippen molar-refractivity contribution in [2.75, 3.05) is 18.0 Å². The van der Waals surface area contributed by atoms with Gasteiger partial charge in [0.1, 0.15) is 12.3 Å². The van der Waals surface area contributed by atoms with Crippen LogP contribution in [0.2, 0.25) is 0 Å². The second-order valence-electron chi connectivity index (χ2n) is 6.81. The third-order valence-electron chi connectivity index (χ3n) is 4.42. The highest BCUT2D eigenvalue weighted by molar-refractivity contribution is 7.92. The smallest absolute Gasteiger partial charge is 0.264 e. The zero-order chi connectivity index (χ0) is 22.4. The van der Waals surface area contributed by atoms with Crippen molar-refractivity contribution in [3.8, 4) is 5.75 Å². The van der Waals surface area contributed by atoms with Gasteiger partial charge in [0.25, 0.3) is 15.9 Å². The first-order valence-corrected chi connectivity index (χ1v) is 11.7. The van der Waals surface area contributed by atoms with Crippen molar-refractivity contribution in [2.45, 2.75) is 18.7 Å². The van der Waals surface area contributed by atoms with Crippen LogP contribution in [0.3, 0.4) is 0 Å². The van der Waals surface area contributed by atoms with Crippen LogP contribution < -0.4 is 14.5 Å². The summed E-state index contributed by atoms with van der Waals surface area (Å²) in [5.41, 5.74) is 4.43. The summed E-state index contributed by atoms with van der Waals surface area (Å²) >= 11 is 1.47. The number of amides is 1. The molecule has 1 aromatic heterocycles. The first-order valence-electron chi connectivity index (χ1n) is 9.40. The van der Waals surface area contributed by atoms with Crippen molar-refractivity contribution < 1.29 is 17.9 Å². The average Bonchev–Trinajstić information content (AvgIpc) is 3.26. The van der Waals surface area contributed by atoms with Crippen molar-refractivity contribution in [3.63, 3.8) is 0 Å². The van der Waals surface area contributed by atoms with E-state index in [4.69, 9.17) is 4.74 Å². The lowest BCUT2D eigenvalue weighted by atomic mass is 10.2. The lowest BCUT2D eigenvalue weighted by Gasteiger charge is -2.25. The molecule has 0 fully saturated rings. The summed E-state index contributed by atoms with van der Waals surface area (Å²) in [5, 5.41) is 5.81. The predicted molar refractivity (Wildman–Crippen MR) is 123 cm³/mol. The van der Waals surface area contributed by atoms with Crippen LogP contribution in [-0.2, 0) is 14.8 Å². The lowest BCUT2D eigenvalue weighted by molar-refractivity contribution is -0.119. The van der Waals surface area contributed by atoms with Crippen LogP contribution >= 0.6 is 11.3 Å². The number of thiophene rings is 1. The first kappa shape index (κ1) is 22.5. The Balaban J connectivity index is 1.95. The number of hydrogen-bond donors (Lipinski definition) is 1. The standard InChI is InChI=1S/C22H23N3O4S2/c1-16-6-9-19(10-7-16)31(27,28)25(20-13-17(2)8-11-21(20)29-3)15-22(26)24-23-14-18-5-4-12-30-18/h4-14H,15H2,1-3H3,(H,24,26)/b23-14-. The largest absolute Gasteiger partial charge is 0.495 e. The number of nitrogens with one attached hydrogen (secondary N) is 1. The van der Waals surface area contributed by atoms with Crippen molar-refractivity contribution >= 4 is 39.2 Å². The fourth-order valence-electron chi connectivity index (χ4n) is 2.83. The first-order chi connectivity index (χ1) is 14.8. The summed E-state index contributed by atoms with van der Waals surface area (Å²) in [6.45, 7) is 3.25. The SMILES string of the molecule is COc1ccc(C)cc1N(CC(=O)N/N=C\c1cccs1)S(=O)(=O)c1ccc(C)cc1. The normalized spacial score (nSPS) is 11.5. The van der Waals surface area contributed by atoms with E-state index in [1.54, 1.807) is 24.3 Å². The average molecular weight is 458 g/mol. The molecule has 0 aliphatic heterocycles. The molecule has 162 valence electrons. The molecular weight excluding hydrogens is 434 g/mol. The Morgan fingerprint density at radius 1 is 1.13 bits per heavy atom. The van der Waals surface area contributed by atoms with E-state index in [-0.39, 0.29) is 10.6 Å². The Morgan fingerprint density at radius 2 is 1.84 bits per heavy atom. The van der Waals surface area contributed by atoms with Gasteiger partial charge < -0.3 is 4.74 Å². The summed E-state index contributed by atoms with van der Waals surface area (Å²) in [6, 6.07) is 15.3. The van der Waals surface area contributed by atoms with Crippen LogP contribution in [0.4, 0.5) is 5.69 Å². The number of sulfonamides is 1. The lowest BCUT2D eigenvalue weighted by Crippen LogP contribution is -2.39. The molecule has 0 spiro atoms. The number of carbonyl (C=O) groups excluding carboxylic acids is 1. The molecule has 3 rings (SSSR count). The van der Waals surface area contributed by atoms with Gasteiger partial charge in [0.05, 0.1) is 23.9 Å². The van der Waals surface area contributed by atoms with Gasteiger partial charge in [-0.25, -0.2) is 13.8 Å². The number of ether oxygens (including phenoxy) is 1. The number of hydrogen-bond acceptors (Lipinski definition) is 6. The van der Waals surface area contributed by atoms with Gasteiger partial charge in [0, 0.05) is 4.88 Å². The molecular formula is C22H23N3O4S2. The fourth-order valence-corrected chi connectivity index (χ4v) is 4.84. The topological polar surface area (TPSA) is 88.1 Å². The molecule has 1 N–H and O–H groups in total. The number of carbonyl (C=O) groups is 1. The molecule has 0 aliphatic carbocycles. The zero-order valence-corrected chi connectivity index (χ0v) is 19.0. The second kappa shape index (κ2) is 9.76. The molecule has 1 heterocycles. The molecule has 0 bridgehead atoms. The van der Waals surface area contributed by atoms with Gasteiger partial charge in [-0.05, 0) is 55.1 Å². The number of methoxy groups -OCH3 is 1. The van der Waals surface area contributed by atoms with Crippen molar-refractivity contribution in [1.82, 2.24) is 5.43 Å². The van der Waals surface area contributed by atoms with E-state index < -0.39 is 22.5 Å². The van der Waals surface area contributed by atoms with Crippen LogP contribution in [0, 0.1) is 13.8 Å². The van der Waals surface area contributed by atoms with Crippen LogP contribution in [-0.4, -0.2) is 34.2 Å². The van der Waals surface area contributed by atoms with Gasteiger partial charge >= 0.3 is 0 Å². The maximum atomic E-state index is 13.5. The molecule has 0 aliphatic rings. The van der Waals surface area contributed by atoms with Gasteiger partial charge in [0.15, 0.2) is 0 Å². The van der Waals surface area contributed by atoms with Crippen LogP contribution in [0.25, 0.3) is 0 Å². The highest BCUT2D eigenvalue weighted by Crippen LogP contribution is 2.33. The highest BCUT2D eigenvalue weighted by Gasteiger charge is 2.29. The molecule has 2 aromatic carbocycles. The number of nitrogens with zero attached hydrogens (tertiary/aromatic N) is 2. The zero-order valence-electron chi connectivity index (χ0n) is 17.4. The van der Waals surface area contributed by atoms with E-state index in [1.165, 1.54) is 36.8 Å². The van der Waals surface area contributed by atoms with Gasteiger partial charge in [0.2, 0.25) is 0 Å². The Kier molecular flexibility index (Phi) is 7.09. The number of hydrazone groups is 1. The number of aryl methyl sites for hydroxylation is 2. The van der Waals surface area contributed by atoms with Crippen molar-refractivity contribution in [2.24, 2.45) is 5.10 Å².